The van der Waals surface area contributed by atoms with E-state index in [2.05, 4.69) is 4.98 Å². The van der Waals surface area contributed by atoms with Gasteiger partial charge in [-0.3, -0.25) is 10.1 Å². The average Bonchev–Trinajstić information content (AvgIpc) is 2.47. The zero-order chi connectivity index (χ0) is 15.4. The Morgan fingerprint density at radius 3 is 2.86 bits per heavy atom. The Hall–Kier alpha value is -1.73. The van der Waals surface area contributed by atoms with Crippen molar-refractivity contribution >= 4 is 23.3 Å². The topological polar surface area (TPSA) is 91.6 Å². The van der Waals surface area contributed by atoms with Gasteiger partial charge in [0.1, 0.15) is 23.0 Å². The molecule has 1 aliphatic rings. The lowest BCUT2D eigenvalue weighted by atomic mass is 9.95. The molecule has 1 aromatic heterocycles. The highest BCUT2D eigenvalue weighted by Gasteiger charge is 2.27. The van der Waals surface area contributed by atoms with E-state index >= 15 is 0 Å². The summed E-state index contributed by atoms with van der Waals surface area (Å²) < 4.78 is 10.6. The third-order valence-electron chi connectivity index (χ3n) is 3.44. The number of ether oxygens (including phenoxy) is 2. The number of hydrogen-bond acceptors (Lipinski definition) is 6. The number of nitro groups is 1. The van der Waals surface area contributed by atoms with Crippen LogP contribution in [0.2, 0.25) is 5.15 Å². The molecular formula is C13H15ClN2O5. The molecule has 2 unspecified atom stereocenters. The van der Waals surface area contributed by atoms with Crippen molar-refractivity contribution in [2.24, 2.45) is 0 Å². The van der Waals surface area contributed by atoms with Crippen LogP contribution < -0.4 is 0 Å². The fourth-order valence-electron chi connectivity index (χ4n) is 2.32. The minimum Gasteiger partial charge on any atom is -0.459 e. The molecule has 0 saturated heterocycles. The molecular weight excluding hydrogens is 300 g/mol. The van der Waals surface area contributed by atoms with E-state index in [9.17, 15) is 14.9 Å². The summed E-state index contributed by atoms with van der Waals surface area (Å²) in [5, 5.41) is 10.6. The SMILES string of the molecule is COC1CCCC(OC(=O)c2cc([N+](=O)[O-])cnc2Cl)C1. The first-order chi connectivity index (χ1) is 10.0. The van der Waals surface area contributed by atoms with Gasteiger partial charge in [0.25, 0.3) is 5.69 Å². The first kappa shape index (κ1) is 15.7. The molecule has 2 rings (SSSR count). The Labute approximate surface area is 126 Å². The predicted octanol–water partition coefficient (Wildman–Crippen LogP) is 2.76. The third kappa shape index (κ3) is 3.89. The normalized spacial score (nSPS) is 21.8. The van der Waals surface area contributed by atoms with Crippen molar-refractivity contribution in [3.8, 4) is 0 Å². The smallest absolute Gasteiger partial charge is 0.341 e. The molecule has 0 bridgehead atoms. The van der Waals surface area contributed by atoms with Crippen LogP contribution in [0.15, 0.2) is 12.3 Å². The van der Waals surface area contributed by atoms with E-state index in [1.54, 1.807) is 7.11 Å². The van der Waals surface area contributed by atoms with Crippen molar-refractivity contribution in [1.29, 1.82) is 0 Å². The van der Waals surface area contributed by atoms with E-state index in [-0.39, 0.29) is 28.6 Å². The summed E-state index contributed by atoms with van der Waals surface area (Å²) in [6.45, 7) is 0. The maximum atomic E-state index is 12.1. The largest absolute Gasteiger partial charge is 0.459 e. The van der Waals surface area contributed by atoms with Gasteiger partial charge in [-0.15, -0.1) is 0 Å². The van der Waals surface area contributed by atoms with Crippen LogP contribution in [0.5, 0.6) is 0 Å². The second-order valence-electron chi connectivity index (χ2n) is 4.84. The molecule has 7 nitrogen and oxygen atoms in total. The van der Waals surface area contributed by atoms with Crippen molar-refractivity contribution in [3.63, 3.8) is 0 Å². The van der Waals surface area contributed by atoms with E-state index in [0.29, 0.717) is 6.42 Å². The molecule has 8 heteroatoms. The number of pyridine rings is 1. The summed E-state index contributed by atoms with van der Waals surface area (Å²) in [4.78, 5) is 25.8. The number of nitrogens with zero attached hydrogens (tertiary/aromatic N) is 2. The van der Waals surface area contributed by atoms with Gasteiger partial charge in [-0.05, 0) is 19.3 Å². The first-order valence-electron chi connectivity index (χ1n) is 6.55. The van der Waals surface area contributed by atoms with E-state index in [4.69, 9.17) is 21.1 Å². The number of carbonyl (C=O) groups is 1. The van der Waals surface area contributed by atoms with Crippen LogP contribution in [-0.2, 0) is 9.47 Å². The summed E-state index contributed by atoms with van der Waals surface area (Å²) in [6.07, 6.45) is 3.98. The quantitative estimate of drug-likeness (QED) is 0.367. The van der Waals surface area contributed by atoms with Gasteiger partial charge in [-0.1, -0.05) is 11.6 Å². The molecule has 2 atom stereocenters. The molecule has 0 radical (unpaired) electrons. The zero-order valence-electron chi connectivity index (χ0n) is 11.5. The van der Waals surface area contributed by atoms with Crippen molar-refractivity contribution < 1.29 is 19.2 Å². The Morgan fingerprint density at radius 1 is 1.48 bits per heavy atom. The molecule has 1 aliphatic carbocycles. The molecule has 114 valence electrons. The molecule has 21 heavy (non-hydrogen) atoms. The summed E-state index contributed by atoms with van der Waals surface area (Å²) >= 11 is 5.81. The molecule has 0 aliphatic heterocycles. The standard InChI is InChI=1S/C13H15ClN2O5/c1-20-9-3-2-4-10(6-9)21-13(17)11-5-8(16(18)19)7-15-12(11)14/h5,7,9-10H,2-4,6H2,1H3. The monoisotopic (exact) mass is 314 g/mol. The van der Waals surface area contributed by atoms with Crippen LogP contribution in [0.1, 0.15) is 36.0 Å². The predicted molar refractivity (Wildman–Crippen MR) is 74.4 cm³/mol. The second kappa shape index (κ2) is 6.82. The lowest BCUT2D eigenvalue weighted by molar-refractivity contribution is -0.385. The zero-order valence-corrected chi connectivity index (χ0v) is 12.2. The maximum Gasteiger partial charge on any atom is 0.341 e. The number of carbonyl (C=O) groups excluding carboxylic acids is 1. The summed E-state index contributed by atoms with van der Waals surface area (Å²) in [5.41, 5.74) is -0.393. The van der Waals surface area contributed by atoms with Crippen LogP contribution in [0, 0.1) is 10.1 Å². The van der Waals surface area contributed by atoms with E-state index < -0.39 is 10.9 Å². The van der Waals surface area contributed by atoms with Gasteiger partial charge < -0.3 is 9.47 Å². The van der Waals surface area contributed by atoms with Crippen molar-refractivity contribution in [2.45, 2.75) is 37.9 Å². The first-order valence-corrected chi connectivity index (χ1v) is 6.92. The van der Waals surface area contributed by atoms with Gasteiger partial charge in [0.15, 0.2) is 0 Å². The molecule has 1 saturated carbocycles. The average molecular weight is 315 g/mol. The molecule has 0 N–H and O–H groups in total. The Bertz CT molecular complexity index is 551. The fraction of sp³-hybridized carbons (Fsp3) is 0.538. The maximum absolute atomic E-state index is 12.1. The van der Waals surface area contributed by atoms with E-state index in [0.717, 1.165) is 31.5 Å². The van der Waals surface area contributed by atoms with Crippen LogP contribution >= 0.6 is 11.6 Å². The number of hydrogen-bond donors (Lipinski definition) is 0. The minimum atomic E-state index is -0.696. The van der Waals surface area contributed by atoms with Gasteiger partial charge in [0, 0.05) is 19.6 Å². The number of halogens is 1. The van der Waals surface area contributed by atoms with Crippen LogP contribution in [0.4, 0.5) is 5.69 Å². The van der Waals surface area contributed by atoms with Gasteiger partial charge >= 0.3 is 5.97 Å². The summed E-state index contributed by atoms with van der Waals surface area (Å²) in [7, 11) is 1.62. The highest BCUT2D eigenvalue weighted by Crippen LogP contribution is 2.26. The molecule has 0 amide bonds. The third-order valence-corrected chi connectivity index (χ3v) is 3.74. The van der Waals surface area contributed by atoms with E-state index in [1.807, 2.05) is 0 Å². The number of aromatic nitrogens is 1. The molecule has 1 aromatic rings. The van der Waals surface area contributed by atoms with Gasteiger partial charge in [0.2, 0.25) is 0 Å². The number of esters is 1. The van der Waals surface area contributed by atoms with Crippen LogP contribution in [-0.4, -0.2) is 35.2 Å². The Kier molecular flexibility index (Phi) is 5.08. The second-order valence-corrected chi connectivity index (χ2v) is 5.20. The van der Waals surface area contributed by atoms with Crippen molar-refractivity contribution in [1.82, 2.24) is 4.98 Å². The lowest BCUT2D eigenvalue weighted by Gasteiger charge is -2.27. The summed E-state index contributed by atoms with van der Waals surface area (Å²) in [6, 6.07) is 1.08. The van der Waals surface area contributed by atoms with Gasteiger partial charge in [0.05, 0.1) is 11.0 Å². The lowest BCUT2D eigenvalue weighted by Crippen LogP contribution is -2.29. The summed E-state index contributed by atoms with van der Waals surface area (Å²) in [5.74, 6) is -0.696. The Balaban J connectivity index is 2.09. The molecule has 0 aromatic carbocycles. The number of methoxy groups -OCH3 is 1. The molecule has 0 spiro atoms. The highest BCUT2D eigenvalue weighted by molar-refractivity contribution is 6.32. The highest BCUT2D eigenvalue weighted by atomic mass is 35.5. The number of rotatable bonds is 4. The Morgan fingerprint density at radius 2 is 2.19 bits per heavy atom. The van der Waals surface area contributed by atoms with E-state index in [1.165, 1.54) is 0 Å². The molecule has 1 heterocycles. The molecule has 1 fully saturated rings. The van der Waals surface area contributed by atoms with Gasteiger partial charge in [-0.25, -0.2) is 9.78 Å². The minimum absolute atomic E-state index is 0.0651. The van der Waals surface area contributed by atoms with Crippen LogP contribution in [0.25, 0.3) is 0 Å². The van der Waals surface area contributed by atoms with Crippen molar-refractivity contribution in [2.75, 3.05) is 7.11 Å². The van der Waals surface area contributed by atoms with Gasteiger partial charge in [-0.2, -0.15) is 0 Å². The van der Waals surface area contributed by atoms with Crippen LogP contribution in [0.3, 0.4) is 0 Å². The van der Waals surface area contributed by atoms with Crippen molar-refractivity contribution in [3.05, 3.63) is 33.1 Å². The fourth-order valence-corrected chi connectivity index (χ4v) is 2.50.